The molecule has 0 aromatic carbocycles. The summed E-state index contributed by atoms with van der Waals surface area (Å²) in [5.74, 6) is 1.03. The second-order valence-electron chi connectivity index (χ2n) is 6.09. The van der Waals surface area contributed by atoms with E-state index in [1.807, 2.05) is 25.6 Å². The molecule has 4 nitrogen and oxygen atoms in total. The van der Waals surface area contributed by atoms with Crippen LogP contribution in [0.15, 0.2) is 0 Å². The first-order valence-corrected chi connectivity index (χ1v) is 7.83. The highest BCUT2D eigenvalue weighted by molar-refractivity contribution is 5.79. The van der Waals surface area contributed by atoms with Crippen LogP contribution >= 0.6 is 0 Å². The van der Waals surface area contributed by atoms with Gasteiger partial charge in [0.1, 0.15) is 0 Å². The monoisotopic (exact) mass is 277 g/mol. The first kappa shape index (κ1) is 15.1. The number of hydrogen-bond donors (Lipinski definition) is 1. The van der Waals surface area contributed by atoms with Crippen LogP contribution in [0, 0.1) is 19.8 Å². The van der Waals surface area contributed by atoms with E-state index in [1.54, 1.807) is 0 Å². The molecule has 0 atom stereocenters. The van der Waals surface area contributed by atoms with Crippen LogP contribution in [0.25, 0.3) is 0 Å². The van der Waals surface area contributed by atoms with Crippen LogP contribution in [-0.2, 0) is 18.3 Å². The van der Waals surface area contributed by atoms with Gasteiger partial charge in [-0.3, -0.25) is 9.48 Å². The number of carbonyl (C=O) groups is 1. The van der Waals surface area contributed by atoms with Crippen LogP contribution in [0.4, 0.5) is 0 Å². The topological polar surface area (TPSA) is 46.9 Å². The van der Waals surface area contributed by atoms with E-state index in [-0.39, 0.29) is 5.91 Å². The van der Waals surface area contributed by atoms with Gasteiger partial charge in [0.05, 0.1) is 12.1 Å². The van der Waals surface area contributed by atoms with Crippen LogP contribution in [-0.4, -0.2) is 22.2 Å². The summed E-state index contributed by atoms with van der Waals surface area (Å²) < 4.78 is 1.85. The first-order chi connectivity index (χ1) is 9.58. The van der Waals surface area contributed by atoms with Crippen molar-refractivity contribution < 1.29 is 4.79 Å². The predicted molar refractivity (Wildman–Crippen MR) is 80.6 cm³/mol. The molecular weight excluding hydrogens is 250 g/mol. The lowest BCUT2D eigenvalue weighted by Crippen LogP contribution is -2.26. The molecule has 1 aromatic heterocycles. The smallest absolute Gasteiger partial charge is 0.224 e. The fourth-order valence-electron chi connectivity index (χ4n) is 3.21. The third-order valence-electron chi connectivity index (χ3n) is 4.58. The van der Waals surface area contributed by atoms with Crippen molar-refractivity contribution in [2.45, 2.75) is 58.8 Å². The zero-order chi connectivity index (χ0) is 14.5. The molecule has 1 aliphatic rings. The number of nitrogens with one attached hydrogen (secondary N) is 1. The second-order valence-corrected chi connectivity index (χ2v) is 6.09. The number of rotatable bonds is 6. The minimum atomic E-state index is 0.121. The van der Waals surface area contributed by atoms with Gasteiger partial charge in [-0.05, 0) is 32.6 Å². The number of aryl methyl sites for hydroxylation is 2. The summed E-state index contributed by atoms with van der Waals surface area (Å²) in [6.07, 6.45) is 8.42. The van der Waals surface area contributed by atoms with Crippen LogP contribution in [0.2, 0.25) is 0 Å². The third-order valence-corrected chi connectivity index (χ3v) is 4.58. The fraction of sp³-hybridized carbons (Fsp3) is 0.750. The predicted octanol–water partition coefficient (Wildman–Crippen LogP) is 2.67. The van der Waals surface area contributed by atoms with E-state index in [9.17, 15) is 4.79 Å². The van der Waals surface area contributed by atoms with Crippen molar-refractivity contribution in [3.63, 3.8) is 0 Å². The standard InChI is InChI=1S/C16H27N3O/c1-12-15(13(2)19(3)18-12)11-16(20)17-10-6-9-14-7-4-5-8-14/h14H,4-11H2,1-3H3,(H,17,20). The number of aromatic nitrogens is 2. The molecule has 1 aliphatic carbocycles. The third kappa shape index (κ3) is 3.84. The molecule has 1 heterocycles. The highest BCUT2D eigenvalue weighted by atomic mass is 16.1. The molecule has 4 heteroatoms. The zero-order valence-electron chi connectivity index (χ0n) is 13.0. The molecule has 0 bridgehead atoms. The van der Waals surface area contributed by atoms with E-state index < -0.39 is 0 Å². The van der Waals surface area contributed by atoms with Gasteiger partial charge in [-0.2, -0.15) is 5.10 Å². The van der Waals surface area contributed by atoms with Gasteiger partial charge in [-0.15, -0.1) is 0 Å². The van der Waals surface area contributed by atoms with Crippen LogP contribution in [0.5, 0.6) is 0 Å². The summed E-state index contributed by atoms with van der Waals surface area (Å²) >= 11 is 0. The van der Waals surface area contributed by atoms with Gasteiger partial charge in [0, 0.05) is 24.8 Å². The fourth-order valence-corrected chi connectivity index (χ4v) is 3.21. The molecule has 0 saturated heterocycles. The van der Waals surface area contributed by atoms with Crippen molar-refractivity contribution in [1.82, 2.24) is 15.1 Å². The van der Waals surface area contributed by atoms with E-state index in [1.165, 1.54) is 32.1 Å². The minimum Gasteiger partial charge on any atom is -0.356 e. The number of amides is 1. The Bertz CT molecular complexity index is 459. The van der Waals surface area contributed by atoms with Gasteiger partial charge in [-0.1, -0.05) is 25.7 Å². The van der Waals surface area contributed by atoms with Crippen LogP contribution in [0.3, 0.4) is 0 Å². The Hall–Kier alpha value is -1.32. The van der Waals surface area contributed by atoms with E-state index in [4.69, 9.17) is 0 Å². The lowest BCUT2D eigenvalue weighted by molar-refractivity contribution is -0.120. The van der Waals surface area contributed by atoms with Crippen LogP contribution in [0.1, 0.15) is 55.5 Å². The maximum Gasteiger partial charge on any atom is 0.224 e. The van der Waals surface area contributed by atoms with Gasteiger partial charge in [-0.25, -0.2) is 0 Å². The number of carbonyl (C=O) groups excluding carboxylic acids is 1. The van der Waals surface area contributed by atoms with Gasteiger partial charge < -0.3 is 5.32 Å². The number of hydrogen-bond acceptors (Lipinski definition) is 2. The maximum atomic E-state index is 12.0. The Labute approximate surface area is 121 Å². The lowest BCUT2D eigenvalue weighted by Gasteiger charge is -2.09. The Kier molecular flexibility index (Phi) is 5.21. The molecule has 0 unspecified atom stereocenters. The molecule has 1 fully saturated rings. The van der Waals surface area contributed by atoms with Gasteiger partial charge >= 0.3 is 0 Å². The summed E-state index contributed by atoms with van der Waals surface area (Å²) in [6, 6.07) is 0. The first-order valence-electron chi connectivity index (χ1n) is 7.83. The quantitative estimate of drug-likeness (QED) is 0.813. The van der Waals surface area contributed by atoms with Gasteiger partial charge in [0.15, 0.2) is 0 Å². The normalized spacial score (nSPS) is 15.8. The van der Waals surface area contributed by atoms with E-state index in [0.717, 1.165) is 35.8 Å². The van der Waals surface area contributed by atoms with Crippen molar-refractivity contribution in [2.24, 2.45) is 13.0 Å². The molecule has 1 amide bonds. The largest absolute Gasteiger partial charge is 0.356 e. The average Bonchev–Trinajstić information content (AvgIpc) is 3.00. The molecular formula is C16H27N3O. The molecule has 1 aromatic rings. The summed E-state index contributed by atoms with van der Waals surface area (Å²) in [4.78, 5) is 12.0. The molecule has 112 valence electrons. The van der Waals surface area contributed by atoms with Crippen molar-refractivity contribution in [3.05, 3.63) is 17.0 Å². The summed E-state index contributed by atoms with van der Waals surface area (Å²) in [6.45, 7) is 4.80. The highest BCUT2D eigenvalue weighted by Gasteiger charge is 2.15. The molecule has 1 N–H and O–H groups in total. The SMILES string of the molecule is Cc1nn(C)c(C)c1CC(=O)NCCCC1CCCC1. The van der Waals surface area contributed by atoms with Crippen molar-refractivity contribution in [1.29, 1.82) is 0 Å². The maximum absolute atomic E-state index is 12.0. The van der Waals surface area contributed by atoms with Crippen molar-refractivity contribution in [2.75, 3.05) is 6.54 Å². The summed E-state index contributed by atoms with van der Waals surface area (Å²) in [5.41, 5.74) is 3.12. The molecule has 0 aliphatic heterocycles. The lowest BCUT2D eigenvalue weighted by atomic mass is 10.0. The van der Waals surface area contributed by atoms with Gasteiger partial charge in [0.2, 0.25) is 5.91 Å². The number of nitrogens with zero attached hydrogens (tertiary/aromatic N) is 2. The summed E-state index contributed by atoms with van der Waals surface area (Å²) in [7, 11) is 1.92. The summed E-state index contributed by atoms with van der Waals surface area (Å²) in [5, 5.41) is 7.39. The Morgan fingerprint density at radius 2 is 2.05 bits per heavy atom. The average molecular weight is 277 g/mol. The molecule has 0 radical (unpaired) electrons. The zero-order valence-corrected chi connectivity index (χ0v) is 13.0. The van der Waals surface area contributed by atoms with E-state index in [0.29, 0.717) is 6.42 Å². The Morgan fingerprint density at radius 3 is 2.65 bits per heavy atom. The Morgan fingerprint density at radius 1 is 1.35 bits per heavy atom. The molecule has 2 rings (SSSR count). The molecule has 0 spiro atoms. The van der Waals surface area contributed by atoms with Crippen LogP contribution < -0.4 is 5.32 Å². The van der Waals surface area contributed by atoms with E-state index >= 15 is 0 Å². The highest BCUT2D eigenvalue weighted by Crippen LogP contribution is 2.28. The van der Waals surface area contributed by atoms with Crippen molar-refractivity contribution in [3.8, 4) is 0 Å². The second kappa shape index (κ2) is 6.91. The molecule has 1 saturated carbocycles. The minimum absolute atomic E-state index is 0.121. The van der Waals surface area contributed by atoms with Gasteiger partial charge in [0.25, 0.3) is 0 Å². The Balaban J connectivity index is 1.69. The van der Waals surface area contributed by atoms with Crippen molar-refractivity contribution >= 4 is 5.91 Å². The van der Waals surface area contributed by atoms with E-state index in [2.05, 4.69) is 10.4 Å². The molecule has 20 heavy (non-hydrogen) atoms.